The van der Waals surface area contributed by atoms with Crippen molar-refractivity contribution >= 4 is 0 Å². The fraction of sp³-hybridized carbons (Fsp3) is 1.00. The van der Waals surface area contributed by atoms with E-state index in [1.807, 2.05) is 0 Å². The van der Waals surface area contributed by atoms with E-state index < -0.39 is 0 Å². The summed E-state index contributed by atoms with van der Waals surface area (Å²) in [6.45, 7) is 3.02. The fourth-order valence-electron chi connectivity index (χ4n) is 2.04. The van der Waals surface area contributed by atoms with Gasteiger partial charge in [-0.3, -0.25) is 0 Å². The minimum absolute atomic E-state index is 0.0321. The minimum Gasteiger partial charge on any atom is -0.393 e. The lowest BCUT2D eigenvalue weighted by Gasteiger charge is -2.10. The number of methoxy groups -OCH3 is 1. The Morgan fingerprint density at radius 1 is 1.36 bits per heavy atom. The number of hydrogen-bond acceptors (Lipinski definition) is 3. The molecule has 2 unspecified atom stereocenters. The van der Waals surface area contributed by atoms with Gasteiger partial charge < -0.3 is 15.2 Å². The number of unbranched alkanes of at least 4 members (excludes halogenated alkanes) is 1. The van der Waals surface area contributed by atoms with Crippen LogP contribution in [-0.2, 0) is 4.74 Å². The topological polar surface area (TPSA) is 41.5 Å². The summed E-state index contributed by atoms with van der Waals surface area (Å²) in [5.74, 6) is 0.701. The van der Waals surface area contributed by atoms with Gasteiger partial charge in [-0.2, -0.15) is 0 Å². The first kappa shape index (κ1) is 12.0. The molecule has 2 atom stereocenters. The van der Waals surface area contributed by atoms with Crippen molar-refractivity contribution < 1.29 is 9.84 Å². The van der Waals surface area contributed by atoms with Gasteiger partial charge in [0.15, 0.2) is 0 Å². The molecular weight excluding hydrogens is 178 g/mol. The molecule has 2 N–H and O–H groups in total. The second kappa shape index (κ2) is 7.21. The fourth-order valence-corrected chi connectivity index (χ4v) is 2.04. The zero-order chi connectivity index (χ0) is 10.2. The Balaban J connectivity index is 1.84. The molecule has 3 heteroatoms. The Kier molecular flexibility index (Phi) is 6.15. The molecule has 0 aromatic carbocycles. The van der Waals surface area contributed by atoms with Crippen LogP contribution in [0.5, 0.6) is 0 Å². The lowest BCUT2D eigenvalue weighted by atomic mass is 10.1. The molecule has 0 bridgehead atoms. The lowest BCUT2D eigenvalue weighted by molar-refractivity contribution is 0.177. The smallest absolute Gasteiger partial charge is 0.0543 e. The van der Waals surface area contributed by atoms with E-state index in [1.165, 1.54) is 12.8 Å². The van der Waals surface area contributed by atoms with Crippen LogP contribution in [0.15, 0.2) is 0 Å². The van der Waals surface area contributed by atoms with Crippen LogP contribution in [0.2, 0.25) is 0 Å². The molecule has 1 aliphatic carbocycles. The SMILES string of the molecule is COCCCCNCC1CCC(O)C1. The van der Waals surface area contributed by atoms with E-state index in [4.69, 9.17) is 4.74 Å². The maximum Gasteiger partial charge on any atom is 0.0543 e. The number of nitrogens with one attached hydrogen (secondary N) is 1. The number of hydrogen-bond donors (Lipinski definition) is 2. The molecule has 0 radical (unpaired) electrons. The molecule has 1 rings (SSSR count). The zero-order valence-electron chi connectivity index (χ0n) is 9.17. The maximum atomic E-state index is 9.33. The summed E-state index contributed by atoms with van der Waals surface area (Å²) in [6, 6.07) is 0. The van der Waals surface area contributed by atoms with Crippen molar-refractivity contribution in [2.45, 2.75) is 38.2 Å². The molecule has 84 valence electrons. The summed E-state index contributed by atoms with van der Waals surface area (Å²) >= 11 is 0. The summed E-state index contributed by atoms with van der Waals surface area (Å²) in [4.78, 5) is 0. The second-order valence-corrected chi connectivity index (χ2v) is 4.24. The highest BCUT2D eigenvalue weighted by Crippen LogP contribution is 2.24. The van der Waals surface area contributed by atoms with Crippen LogP contribution in [0.3, 0.4) is 0 Å². The van der Waals surface area contributed by atoms with E-state index in [-0.39, 0.29) is 6.10 Å². The molecule has 0 aromatic rings. The third-order valence-corrected chi connectivity index (χ3v) is 2.90. The van der Waals surface area contributed by atoms with Gasteiger partial charge in [0.2, 0.25) is 0 Å². The van der Waals surface area contributed by atoms with Gasteiger partial charge in [0.1, 0.15) is 0 Å². The summed E-state index contributed by atoms with van der Waals surface area (Å²) < 4.78 is 4.98. The van der Waals surface area contributed by atoms with Crippen LogP contribution >= 0.6 is 0 Å². The first-order chi connectivity index (χ1) is 6.83. The van der Waals surface area contributed by atoms with Gasteiger partial charge in [0, 0.05) is 13.7 Å². The molecule has 1 saturated carbocycles. The molecule has 1 aliphatic rings. The van der Waals surface area contributed by atoms with Gasteiger partial charge in [-0.05, 0) is 51.1 Å². The molecule has 14 heavy (non-hydrogen) atoms. The van der Waals surface area contributed by atoms with Gasteiger partial charge in [0.05, 0.1) is 6.10 Å². The summed E-state index contributed by atoms with van der Waals surface area (Å²) in [5, 5.41) is 12.8. The monoisotopic (exact) mass is 201 g/mol. The maximum absolute atomic E-state index is 9.33. The van der Waals surface area contributed by atoms with Crippen molar-refractivity contribution in [3.05, 3.63) is 0 Å². The molecule has 0 amide bonds. The van der Waals surface area contributed by atoms with Crippen molar-refractivity contribution in [3.8, 4) is 0 Å². The van der Waals surface area contributed by atoms with Gasteiger partial charge in [0.25, 0.3) is 0 Å². The van der Waals surface area contributed by atoms with Gasteiger partial charge >= 0.3 is 0 Å². The number of aliphatic hydroxyl groups is 1. The molecule has 1 fully saturated rings. The molecule has 0 aliphatic heterocycles. The van der Waals surface area contributed by atoms with E-state index in [9.17, 15) is 5.11 Å². The molecular formula is C11H23NO2. The van der Waals surface area contributed by atoms with Crippen LogP contribution < -0.4 is 5.32 Å². The minimum atomic E-state index is -0.0321. The van der Waals surface area contributed by atoms with E-state index >= 15 is 0 Å². The normalized spacial score (nSPS) is 27.0. The van der Waals surface area contributed by atoms with E-state index in [0.717, 1.165) is 39.0 Å². The summed E-state index contributed by atoms with van der Waals surface area (Å²) in [5.41, 5.74) is 0. The Labute approximate surface area is 86.8 Å². The van der Waals surface area contributed by atoms with Crippen molar-refractivity contribution in [3.63, 3.8) is 0 Å². The van der Waals surface area contributed by atoms with Crippen LogP contribution in [0, 0.1) is 5.92 Å². The molecule has 3 nitrogen and oxygen atoms in total. The predicted octanol–water partition coefficient (Wildman–Crippen LogP) is 1.16. The third-order valence-electron chi connectivity index (χ3n) is 2.90. The Morgan fingerprint density at radius 2 is 2.21 bits per heavy atom. The average Bonchev–Trinajstić information content (AvgIpc) is 2.58. The Hall–Kier alpha value is -0.120. The van der Waals surface area contributed by atoms with Crippen LogP contribution in [0.25, 0.3) is 0 Å². The number of rotatable bonds is 7. The average molecular weight is 201 g/mol. The highest BCUT2D eigenvalue weighted by atomic mass is 16.5. The van der Waals surface area contributed by atoms with E-state index in [0.29, 0.717) is 5.92 Å². The highest BCUT2D eigenvalue weighted by Gasteiger charge is 2.21. The van der Waals surface area contributed by atoms with Gasteiger partial charge in [-0.15, -0.1) is 0 Å². The highest BCUT2D eigenvalue weighted by molar-refractivity contribution is 4.75. The van der Waals surface area contributed by atoms with Gasteiger partial charge in [-0.25, -0.2) is 0 Å². The van der Waals surface area contributed by atoms with Crippen molar-refractivity contribution in [1.29, 1.82) is 0 Å². The number of ether oxygens (including phenoxy) is 1. The van der Waals surface area contributed by atoms with Crippen molar-refractivity contribution in [2.75, 3.05) is 26.8 Å². The van der Waals surface area contributed by atoms with Gasteiger partial charge in [-0.1, -0.05) is 0 Å². The Morgan fingerprint density at radius 3 is 2.86 bits per heavy atom. The second-order valence-electron chi connectivity index (χ2n) is 4.24. The van der Waals surface area contributed by atoms with Crippen LogP contribution in [-0.4, -0.2) is 38.0 Å². The molecule has 0 spiro atoms. The standard InChI is InChI=1S/C11H23NO2/c1-14-7-3-2-6-12-9-10-4-5-11(13)8-10/h10-13H,2-9H2,1H3. The zero-order valence-corrected chi connectivity index (χ0v) is 9.17. The third kappa shape index (κ3) is 4.94. The van der Waals surface area contributed by atoms with E-state index in [2.05, 4.69) is 5.32 Å². The van der Waals surface area contributed by atoms with Crippen molar-refractivity contribution in [1.82, 2.24) is 5.32 Å². The molecule has 0 heterocycles. The molecule has 0 aromatic heterocycles. The summed E-state index contributed by atoms with van der Waals surface area (Å²) in [7, 11) is 1.74. The predicted molar refractivity (Wildman–Crippen MR) is 57.3 cm³/mol. The summed E-state index contributed by atoms with van der Waals surface area (Å²) in [6.07, 6.45) is 5.46. The quantitative estimate of drug-likeness (QED) is 0.607. The first-order valence-electron chi connectivity index (χ1n) is 5.70. The first-order valence-corrected chi connectivity index (χ1v) is 5.70. The van der Waals surface area contributed by atoms with Crippen molar-refractivity contribution in [2.24, 2.45) is 5.92 Å². The van der Waals surface area contributed by atoms with Crippen LogP contribution in [0.1, 0.15) is 32.1 Å². The number of aliphatic hydroxyl groups excluding tert-OH is 1. The largest absolute Gasteiger partial charge is 0.393 e. The van der Waals surface area contributed by atoms with Crippen LogP contribution in [0.4, 0.5) is 0 Å². The molecule has 0 saturated heterocycles. The van der Waals surface area contributed by atoms with E-state index in [1.54, 1.807) is 7.11 Å². The Bertz CT molecular complexity index is 141. The lowest BCUT2D eigenvalue weighted by Crippen LogP contribution is -2.23.